The molecule has 3 rings (SSSR count). The van der Waals surface area contributed by atoms with Crippen molar-refractivity contribution in [2.24, 2.45) is 0 Å². The van der Waals surface area contributed by atoms with E-state index in [0.717, 1.165) is 6.08 Å². The highest BCUT2D eigenvalue weighted by Gasteiger charge is 2.30. The lowest BCUT2D eigenvalue weighted by atomic mass is 9.91. The van der Waals surface area contributed by atoms with Gasteiger partial charge < -0.3 is 0 Å². The van der Waals surface area contributed by atoms with Crippen LogP contribution in [0.3, 0.4) is 0 Å². The summed E-state index contributed by atoms with van der Waals surface area (Å²) in [6, 6.07) is 7.57. The summed E-state index contributed by atoms with van der Waals surface area (Å²) in [4.78, 5) is 39.0. The van der Waals surface area contributed by atoms with Crippen molar-refractivity contribution in [2.45, 2.75) is 0 Å². The standard InChI is InChI=1S/C15H7BrN2O4/c16-10-7-12(19)13-9(5-6-17-14(13)15(10)20)8-3-1-2-4-11(8)18(21)22/h1-7H. The molecule has 2 aromatic rings. The number of hydrogen-bond donors (Lipinski definition) is 0. The Morgan fingerprint density at radius 3 is 2.55 bits per heavy atom. The van der Waals surface area contributed by atoms with E-state index in [-0.39, 0.29) is 27.0 Å². The maximum Gasteiger partial charge on any atom is 0.277 e. The van der Waals surface area contributed by atoms with Gasteiger partial charge in [0.2, 0.25) is 5.78 Å². The van der Waals surface area contributed by atoms with Crippen LogP contribution in [0.1, 0.15) is 20.8 Å². The molecule has 0 saturated carbocycles. The highest BCUT2D eigenvalue weighted by Crippen LogP contribution is 2.35. The van der Waals surface area contributed by atoms with Crippen molar-refractivity contribution in [3.05, 3.63) is 68.5 Å². The Bertz CT molecular complexity index is 874. The number of fused-ring (bicyclic) bond motifs is 1. The smallest absolute Gasteiger partial charge is 0.277 e. The number of hydrogen-bond acceptors (Lipinski definition) is 5. The van der Waals surface area contributed by atoms with Crippen molar-refractivity contribution >= 4 is 33.2 Å². The first-order valence-corrected chi connectivity index (χ1v) is 6.99. The maximum absolute atomic E-state index is 12.2. The number of allylic oxidation sites excluding steroid dienone is 2. The van der Waals surface area contributed by atoms with E-state index in [4.69, 9.17) is 0 Å². The summed E-state index contributed by atoms with van der Waals surface area (Å²) >= 11 is 3.02. The fourth-order valence-electron chi connectivity index (χ4n) is 2.33. The Balaban J connectivity index is 2.32. The summed E-state index contributed by atoms with van der Waals surface area (Å²) in [5, 5.41) is 11.2. The van der Waals surface area contributed by atoms with Crippen molar-refractivity contribution < 1.29 is 14.5 Å². The van der Waals surface area contributed by atoms with Gasteiger partial charge in [0.05, 0.1) is 20.5 Å². The Labute approximate surface area is 132 Å². The van der Waals surface area contributed by atoms with E-state index < -0.39 is 16.5 Å². The number of para-hydroxylation sites is 1. The molecule has 7 heteroatoms. The topological polar surface area (TPSA) is 90.2 Å². The number of ketones is 2. The quantitative estimate of drug-likeness (QED) is 0.606. The van der Waals surface area contributed by atoms with Crippen molar-refractivity contribution in [3.63, 3.8) is 0 Å². The third kappa shape index (κ3) is 2.15. The van der Waals surface area contributed by atoms with E-state index >= 15 is 0 Å². The van der Waals surface area contributed by atoms with Gasteiger partial charge in [-0.1, -0.05) is 12.1 Å². The molecule has 1 aliphatic rings. The molecule has 22 heavy (non-hydrogen) atoms. The first-order chi connectivity index (χ1) is 10.5. The second kappa shape index (κ2) is 5.27. The lowest BCUT2D eigenvalue weighted by Gasteiger charge is -2.14. The Morgan fingerprint density at radius 1 is 1.09 bits per heavy atom. The number of Topliss-reactive ketones (excluding diaryl/α,β-unsaturated/α-hetero) is 1. The molecule has 1 aliphatic carbocycles. The number of nitro groups is 1. The van der Waals surface area contributed by atoms with E-state index in [2.05, 4.69) is 20.9 Å². The normalized spacial score (nSPS) is 13.6. The van der Waals surface area contributed by atoms with Gasteiger partial charge in [0.15, 0.2) is 5.78 Å². The minimum absolute atomic E-state index is 0.00461. The molecule has 1 heterocycles. The molecule has 1 aromatic heterocycles. The van der Waals surface area contributed by atoms with Crippen molar-refractivity contribution in [2.75, 3.05) is 0 Å². The number of pyridine rings is 1. The summed E-state index contributed by atoms with van der Waals surface area (Å²) in [7, 11) is 0. The Hall–Kier alpha value is -2.67. The molecule has 0 amide bonds. The third-order valence-corrected chi connectivity index (χ3v) is 3.87. The number of carbonyl (C=O) groups is 2. The van der Waals surface area contributed by atoms with Crippen LogP contribution in [-0.2, 0) is 0 Å². The highest BCUT2D eigenvalue weighted by atomic mass is 79.9. The molecule has 0 radical (unpaired) electrons. The molecule has 0 N–H and O–H groups in total. The molecule has 0 bridgehead atoms. The minimum atomic E-state index is -0.525. The summed E-state index contributed by atoms with van der Waals surface area (Å²) in [6.07, 6.45) is 2.52. The zero-order valence-corrected chi connectivity index (χ0v) is 12.5. The van der Waals surface area contributed by atoms with Crippen LogP contribution in [-0.4, -0.2) is 21.5 Å². The lowest BCUT2D eigenvalue weighted by Crippen LogP contribution is -2.17. The molecule has 0 fully saturated rings. The molecule has 0 atom stereocenters. The number of benzene rings is 1. The summed E-state index contributed by atoms with van der Waals surface area (Å²) in [5.74, 6) is -0.835. The predicted octanol–water partition coefficient (Wildman–Crippen LogP) is 3.31. The fraction of sp³-hybridized carbons (Fsp3) is 0. The van der Waals surface area contributed by atoms with Crippen LogP contribution in [0, 0.1) is 10.1 Å². The fourth-order valence-corrected chi connectivity index (χ4v) is 2.73. The Kier molecular flexibility index (Phi) is 3.42. The van der Waals surface area contributed by atoms with Crippen LogP contribution < -0.4 is 0 Å². The van der Waals surface area contributed by atoms with Gasteiger partial charge in [-0.3, -0.25) is 24.7 Å². The summed E-state index contributed by atoms with van der Waals surface area (Å²) < 4.78 is 0.122. The molecule has 0 unspecified atom stereocenters. The minimum Gasteiger partial charge on any atom is -0.289 e. The SMILES string of the molecule is O=C1C(Br)=CC(=O)c2c(-c3ccccc3[N+](=O)[O-])ccnc21. The van der Waals surface area contributed by atoms with Crippen molar-refractivity contribution in [3.8, 4) is 11.1 Å². The van der Waals surface area contributed by atoms with Gasteiger partial charge in [-0.15, -0.1) is 0 Å². The number of nitro benzene ring substituents is 1. The zero-order valence-electron chi connectivity index (χ0n) is 10.9. The molecular formula is C15H7BrN2O4. The zero-order chi connectivity index (χ0) is 15.9. The summed E-state index contributed by atoms with van der Waals surface area (Å²) in [6.45, 7) is 0. The largest absolute Gasteiger partial charge is 0.289 e. The molecule has 108 valence electrons. The monoisotopic (exact) mass is 358 g/mol. The summed E-state index contributed by atoms with van der Waals surface area (Å²) in [5.41, 5.74) is 0.551. The van der Waals surface area contributed by atoms with Crippen molar-refractivity contribution in [1.82, 2.24) is 4.98 Å². The van der Waals surface area contributed by atoms with E-state index in [1.165, 1.54) is 18.3 Å². The molecule has 6 nitrogen and oxygen atoms in total. The maximum atomic E-state index is 12.2. The molecule has 0 saturated heterocycles. The average Bonchev–Trinajstić information content (AvgIpc) is 2.52. The van der Waals surface area contributed by atoms with Crippen LogP contribution in [0.15, 0.2) is 47.1 Å². The van der Waals surface area contributed by atoms with Crippen LogP contribution in [0.2, 0.25) is 0 Å². The lowest BCUT2D eigenvalue weighted by molar-refractivity contribution is -0.384. The van der Waals surface area contributed by atoms with E-state index in [9.17, 15) is 19.7 Å². The van der Waals surface area contributed by atoms with Crippen LogP contribution >= 0.6 is 15.9 Å². The Morgan fingerprint density at radius 2 is 1.82 bits per heavy atom. The van der Waals surface area contributed by atoms with Gasteiger partial charge in [-0.25, -0.2) is 0 Å². The number of aromatic nitrogens is 1. The number of carbonyl (C=O) groups excluding carboxylic acids is 2. The first-order valence-electron chi connectivity index (χ1n) is 6.19. The molecule has 1 aromatic carbocycles. The average molecular weight is 359 g/mol. The number of rotatable bonds is 2. The van der Waals surface area contributed by atoms with Crippen LogP contribution in [0.5, 0.6) is 0 Å². The van der Waals surface area contributed by atoms with E-state index in [1.54, 1.807) is 18.2 Å². The number of nitrogens with zero attached hydrogens (tertiary/aromatic N) is 2. The molecular weight excluding hydrogens is 352 g/mol. The van der Waals surface area contributed by atoms with E-state index in [0.29, 0.717) is 5.56 Å². The van der Waals surface area contributed by atoms with Crippen LogP contribution in [0.25, 0.3) is 11.1 Å². The molecule has 0 aliphatic heterocycles. The van der Waals surface area contributed by atoms with Crippen LogP contribution in [0.4, 0.5) is 5.69 Å². The second-order valence-electron chi connectivity index (χ2n) is 4.54. The van der Waals surface area contributed by atoms with Gasteiger partial charge >= 0.3 is 0 Å². The van der Waals surface area contributed by atoms with Gasteiger partial charge in [0, 0.05) is 23.9 Å². The molecule has 0 spiro atoms. The van der Waals surface area contributed by atoms with Gasteiger partial charge in [0.1, 0.15) is 5.69 Å². The van der Waals surface area contributed by atoms with Gasteiger partial charge in [-0.05, 0) is 28.1 Å². The predicted molar refractivity (Wildman–Crippen MR) is 82.0 cm³/mol. The number of halogens is 1. The second-order valence-corrected chi connectivity index (χ2v) is 5.40. The van der Waals surface area contributed by atoms with Crippen molar-refractivity contribution in [1.29, 1.82) is 0 Å². The van der Waals surface area contributed by atoms with E-state index in [1.807, 2.05) is 0 Å². The highest BCUT2D eigenvalue weighted by molar-refractivity contribution is 9.12. The first kappa shape index (κ1) is 14.3. The van der Waals surface area contributed by atoms with Gasteiger partial charge in [0.25, 0.3) is 5.69 Å². The third-order valence-electron chi connectivity index (χ3n) is 3.28. The van der Waals surface area contributed by atoms with Gasteiger partial charge in [-0.2, -0.15) is 0 Å².